The van der Waals surface area contributed by atoms with E-state index in [1.165, 1.54) is 5.56 Å². The summed E-state index contributed by atoms with van der Waals surface area (Å²) in [6.07, 6.45) is 5.63. The first-order chi connectivity index (χ1) is 6.38. The molecule has 1 aromatic rings. The third-order valence-electron chi connectivity index (χ3n) is 2.60. The number of ether oxygens (including phenoxy) is 1. The third kappa shape index (κ3) is 1.34. The van der Waals surface area contributed by atoms with Gasteiger partial charge >= 0.3 is 0 Å². The second-order valence-electron chi connectivity index (χ2n) is 3.33. The van der Waals surface area contributed by atoms with Crippen LogP contribution >= 0.6 is 0 Å². The Kier molecular flexibility index (Phi) is 2.08. The predicted octanol–water partition coefficient (Wildman–Crippen LogP) is 2.05. The molecule has 1 fully saturated rings. The molecule has 1 heteroatoms. The lowest BCUT2D eigenvalue weighted by Gasteiger charge is -1.96. The minimum atomic E-state index is 0.229. The van der Waals surface area contributed by atoms with Crippen LogP contribution in [0.4, 0.5) is 0 Å². The van der Waals surface area contributed by atoms with Crippen molar-refractivity contribution in [2.24, 2.45) is 5.92 Å². The van der Waals surface area contributed by atoms with Gasteiger partial charge in [-0.15, -0.1) is 6.42 Å². The van der Waals surface area contributed by atoms with E-state index < -0.39 is 0 Å². The van der Waals surface area contributed by atoms with Gasteiger partial charge in [-0.25, -0.2) is 0 Å². The zero-order chi connectivity index (χ0) is 9.26. The number of hydrogen-bond acceptors (Lipinski definition) is 1. The molecule has 0 aliphatic heterocycles. The van der Waals surface area contributed by atoms with Gasteiger partial charge in [-0.2, -0.15) is 0 Å². The van der Waals surface area contributed by atoms with Crippen molar-refractivity contribution in [3.8, 4) is 12.3 Å². The zero-order valence-electron chi connectivity index (χ0n) is 7.60. The Balaban J connectivity index is 2.18. The van der Waals surface area contributed by atoms with Crippen LogP contribution in [0.25, 0.3) is 0 Å². The highest BCUT2D eigenvalue weighted by Crippen LogP contribution is 2.48. The zero-order valence-corrected chi connectivity index (χ0v) is 7.60. The number of terminal acetylenes is 1. The molecular weight excluding hydrogens is 160 g/mol. The van der Waals surface area contributed by atoms with Gasteiger partial charge < -0.3 is 4.74 Å². The molecule has 1 aliphatic rings. The number of hydrogen-bond donors (Lipinski definition) is 0. The average Bonchev–Trinajstić information content (AvgIpc) is 2.92. The van der Waals surface area contributed by atoms with Gasteiger partial charge in [0, 0.05) is 13.0 Å². The fourth-order valence-electron chi connectivity index (χ4n) is 1.85. The van der Waals surface area contributed by atoms with E-state index in [0.717, 1.165) is 0 Å². The largest absolute Gasteiger partial charge is 0.379 e. The highest BCUT2D eigenvalue weighted by Gasteiger charge is 2.50. The molecule has 0 amide bonds. The second-order valence-corrected chi connectivity index (χ2v) is 3.33. The second kappa shape index (κ2) is 3.24. The molecule has 3 atom stereocenters. The fourth-order valence-corrected chi connectivity index (χ4v) is 1.85. The molecule has 1 nitrogen and oxygen atoms in total. The quantitative estimate of drug-likeness (QED) is 0.620. The van der Waals surface area contributed by atoms with Crippen LogP contribution in [0, 0.1) is 18.3 Å². The summed E-state index contributed by atoms with van der Waals surface area (Å²) >= 11 is 0. The van der Waals surface area contributed by atoms with Gasteiger partial charge in [0.1, 0.15) is 0 Å². The summed E-state index contributed by atoms with van der Waals surface area (Å²) in [5, 5.41) is 0. The molecule has 0 heterocycles. The molecule has 0 unspecified atom stereocenters. The molecule has 1 saturated carbocycles. The molecule has 13 heavy (non-hydrogen) atoms. The van der Waals surface area contributed by atoms with Crippen molar-refractivity contribution in [1.29, 1.82) is 0 Å². The molecule has 1 aliphatic carbocycles. The van der Waals surface area contributed by atoms with Crippen molar-refractivity contribution in [3.05, 3.63) is 35.9 Å². The lowest BCUT2D eigenvalue weighted by atomic mass is 10.1. The van der Waals surface area contributed by atoms with E-state index in [2.05, 4.69) is 18.1 Å². The summed E-state index contributed by atoms with van der Waals surface area (Å²) in [7, 11) is 1.72. The Bertz CT molecular complexity index is 323. The maximum absolute atomic E-state index is 5.40. The van der Waals surface area contributed by atoms with Crippen LogP contribution in [0.3, 0.4) is 0 Å². The Morgan fingerprint density at radius 3 is 2.46 bits per heavy atom. The van der Waals surface area contributed by atoms with Crippen molar-refractivity contribution < 1.29 is 4.74 Å². The molecule has 1 aromatic carbocycles. The monoisotopic (exact) mass is 172 g/mol. The van der Waals surface area contributed by atoms with Crippen LogP contribution in [0.2, 0.25) is 0 Å². The molecule has 0 bridgehead atoms. The summed E-state index contributed by atoms with van der Waals surface area (Å²) in [6, 6.07) is 10.3. The molecular formula is C12H12O. The Morgan fingerprint density at radius 1 is 1.31 bits per heavy atom. The topological polar surface area (TPSA) is 9.23 Å². The number of benzene rings is 1. The van der Waals surface area contributed by atoms with Crippen LogP contribution in [0.15, 0.2) is 30.3 Å². The van der Waals surface area contributed by atoms with E-state index >= 15 is 0 Å². The van der Waals surface area contributed by atoms with Crippen LogP contribution < -0.4 is 0 Å². The summed E-state index contributed by atoms with van der Waals surface area (Å²) in [4.78, 5) is 0. The predicted molar refractivity (Wildman–Crippen MR) is 52.3 cm³/mol. The Labute approximate surface area is 78.7 Å². The Morgan fingerprint density at radius 2 is 2.00 bits per heavy atom. The number of methoxy groups -OCH3 is 1. The molecule has 66 valence electrons. The highest BCUT2D eigenvalue weighted by molar-refractivity contribution is 5.34. The van der Waals surface area contributed by atoms with Gasteiger partial charge in [-0.1, -0.05) is 36.3 Å². The average molecular weight is 172 g/mol. The lowest BCUT2D eigenvalue weighted by molar-refractivity contribution is 0.172. The smallest absolute Gasteiger partial charge is 0.0796 e. The molecule has 2 rings (SSSR count). The van der Waals surface area contributed by atoms with E-state index in [9.17, 15) is 0 Å². The van der Waals surface area contributed by atoms with E-state index in [0.29, 0.717) is 5.92 Å². The van der Waals surface area contributed by atoms with Crippen molar-refractivity contribution in [1.82, 2.24) is 0 Å². The van der Waals surface area contributed by atoms with Gasteiger partial charge in [0.2, 0.25) is 0 Å². The van der Waals surface area contributed by atoms with Crippen LogP contribution in [-0.4, -0.2) is 13.2 Å². The highest BCUT2D eigenvalue weighted by atomic mass is 16.5. The standard InChI is InChI=1S/C12H12O/c1-3-10-11(12(10)13-2)9-7-5-4-6-8-9/h1,4-8,10-12H,2H3/t10-,11-,12+/m0/s1. The van der Waals surface area contributed by atoms with Crippen LogP contribution in [-0.2, 0) is 4.74 Å². The van der Waals surface area contributed by atoms with Crippen molar-refractivity contribution >= 4 is 0 Å². The molecule has 0 saturated heterocycles. The summed E-state index contributed by atoms with van der Waals surface area (Å²) in [6.45, 7) is 0. The Hall–Kier alpha value is -1.26. The number of rotatable bonds is 2. The normalized spacial score (nSPS) is 30.9. The fraction of sp³-hybridized carbons (Fsp3) is 0.333. The lowest BCUT2D eigenvalue weighted by Crippen LogP contribution is -1.90. The summed E-state index contributed by atoms with van der Waals surface area (Å²) in [5.41, 5.74) is 1.29. The SMILES string of the molecule is C#C[C@@H]1[C@@H](OC)[C@H]1c1ccccc1. The summed E-state index contributed by atoms with van der Waals surface area (Å²) in [5.74, 6) is 3.45. The first-order valence-electron chi connectivity index (χ1n) is 4.42. The van der Waals surface area contributed by atoms with Crippen LogP contribution in [0.1, 0.15) is 11.5 Å². The molecule has 0 radical (unpaired) electrons. The van der Waals surface area contributed by atoms with E-state index in [-0.39, 0.29) is 12.0 Å². The van der Waals surface area contributed by atoms with Gasteiger partial charge in [0.25, 0.3) is 0 Å². The maximum Gasteiger partial charge on any atom is 0.0796 e. The molecule has 0 spiro atoms. The van der Waals surface area contributed by atoms with Crippen LogP contribution in [0.5, 0.6) is 0 Å². The van der Waals surface area contributed by atoms with Gasteiger partial charge in [-0.05, 0) is 5.56 Å². The van der Waals surface area contributed by atoms with E-state index in [1.54, 1.807) is 7.11 Å². The minimum absolute atomic E-state index is 0.229. The first-order valence-corrected chi connectivity index (χ1v) is 4.42. The minimum Gasteiger partial charge on any atom is -0.379 e. The first kappa shape index (κ1) is 8.34. The van der Waals surface area contributed by atoms with Gasteiger partial charge in [-0.3, -0.25) is 0 Å². The molecule has 0 aromatic heterocycles. The maximum atomic E-state index is 5.40. The van der Waals surface area contributed by atoms with Gasteiger partial charge in [0.15, 0.2) is 0 Å². The van der Waals surface area contributed by atoms with Crippen molar-refractivity contribution in [2.75, 3.05) is 7.11 Å². The summed E-state index contributed by atoms with van der Waals surface area (Å²) < 4.78 is 5.29. The van der Waals surface area contributed by atoms with Gasteiger partial charge in [0.05, 0.1) is 12.0 Å². The van der Waals surface area contributed by atoms with E-state index in [4.69, 9.17) is 11.2 Å². The van der Waals surface area contributed by atoms with Crippen molar-refractivity contribution in [2.45, 2.75) is 12.0 Å². The third-order valence-corrected chi connectivity index (χ3v) is 2.60. The van der Waals surface area contributed by atoms with Crippen molar-refractivity contribution in [3.63, 3.8) is 0 Å². The van der Waals surface area contributed by atoms with E-state index in [1.807, 2.05) is 18.2 Å². The molecule has 0 N–H and O–H groups in total.